The van der Waals surface area contributed by atoms with Crippen LogP contribution in [0.5, 0.6) is 5.75 Å². The fourth-order valence-corrected chi connectivity index (χ4v) is 2.07. The summed E-state index contributed by atoms with van der Waals surface area (Å²) in [5.74, 6) is -0.0246. The van der Waals surface area contributed by atoms with Gasteiger partial charge in [0, 0.05) is 6.04 Å². The van der Waals surface area contributed by atoms with Gasteiger partial charge in [-0.05, 0) is 56.0 Å². The summed E-state index contributed by atoms with van der Waals surface area (Å²) < 4.78 is 13.3. The van der Waals surface area contributed by atoms with Crippen molar-refractivity contribution in [2.75, 3.05) is 6.54 Å². The first-order chi connectivity index (χ1) is 7.16. The Morgan fingerprint density at radius 2 is 2.33 bits per heavy atom. The normalized spacial score (nSPS) is 20.8. The summed E-state index contributed by atoms with van der Waals surface area (Å²) in [6.45, 7) is 2.69. The van der Waals surface area contributed by atoms with Gasteiger partial charge in [-0.15, -0.1) is 0 Å². The average molecular weight is 209 g/mol. The first-order valence-corrected chi connectivity index (χ1v) is 5.38. The van der Waals surface area contributed by atoms with Crippen LogP contribution in [-0.4, -0.2) is 17.7 Å². The largest absolute Gasteiger partial charge is 0.508 e. The number of nitrogens with one attached hydrogen (secondary N) is 1. The highest BCUT2D eigenvalue weighted by molar-refractivity contribution is 5.37. The highest BCUT2D eigenvalue weighted by Crippen LogP contribution is 2.24. The quantitative estimate of drug-likeness (QED) is 0.782. The van der Waals surface area contributed by atoms with E-state index in [1.54, 1.807) is 6.92 Å². The van der Waals surface area contributed by atoms with Crippen LogP contribution >= 0.6 is 0 Å². The van der Waals surface area contributed by atoms with Gasteiger partial charge in [0.15, 0.2) is 0 Å². The minimum Gasteiger partial charge on any atom is -0.508 e. The Labute approximate surface area is 89.1 Å². The number of aryl methyl sites for hydroxylation is 1. The minimum atomic E-state index is -0.235. The second kappa shape index (κ2) is 4.19. The fourth-order valence-electron chi connectivity index (χ4n) is 2.07. The van der Waals surface area contributed by atoms with E-state index in [2.05, 4.69) is 5.32 Å². The number of hydrogen-bond donors (Lipinski definition) is 2. The summed E-state index contributed by atoms with van der Waals surface area (Å²) in [5.41, 5.74) is 1.20. The molecule has 15 heavy (non-hydrogen) atoms. The van der Waals surface area contributed by atoms with Crippen LogP contribution in [0.15, 0.2) is 12.1 Å². The van der Waals surface area contributed by atoms with Crippen molar-refractivity contribution in [1.29, 1.82) is 0 Å². The molecule has 0 aromatic heterocycles. The molecule has 2 rings (SSSR count). The predicted octanol–water partition coefficient (Wildman–Crippen LogP) is 2.13. The molecular weight excluding hydrogens is 193 g/mol. The minimum absolute atomic E-state index is 0.211. The second-order valence-electron chi connectivity index (χ2n) is 4.23. The van der Waals surface area contributed by atoms with Crippen molar-refractivity contribution in [3.63, 3.8) is 0 Å². The van der Waals surface area contributed by atoms with Crippen LogP contribution in [0.3, 0.4) is 0 Å². The zero-order valence-electron chi connectivity index (χ0n) is 8.89. The van der Waals surface area contributed by atoms with Gasteiger partial charge >= 0.3 is 0 Å². The Morgan fingerprint density at radius 1 is 1.53 bits per heavy atom. The third-order valence-electron chi connectivity index (χ3n) is 2.99. The molecule has 0 saturated carbocycles. The molecule has 0 bridgehead atoms. The SMILES string of the molecule is Cc1cc(O)c(CC2CCCN2)cc1F. The van der Waals surface area contributed by atoms with Gasteiger partial charge in [-0.25, -0.2) is 4.39 Å². The molecule has 1 unspecified atom stereocenters. The molecule has 1 heterocycles. The van der Waals surface area contributed by atoms with E-state index >= 15 is 0 Å². The Bertz CT molecular complexity index is 359. The summed E-state index contributed by atoms with van der Waals surface area (Å²) in [5, 5.41) is 13.0. The van der Waals surface area contributed by atoms with E-state index in [9.17, 15) is 9.50 Å². The van der Waals surface area contributed by atoms with Crippen LogP contribution < -0.4 is 5.32 Å². The Balaban J connectivity index is 2.16. The molecule has 1 atom stereocenters. The number of phenols is 1. The Morgan fingerprint density at radius 3 is 3.00 bits per heavy atom. The number of aromatic hydroxyl groups is 1. The van der Waals surface area contributed by atoms with Crippen LogP contribution in [0.4, 0.5) is 4.39 Å². The summed E-state index contributed by atoms with van der Waals surface area (Å²) in [6, 6.07) is 3.34. The van der Waals surface area contributed by atoms with E-state index in [-0.39, 0.29) is 11.6 Å². The van der Waals surface area contributed by atoms with Crippen molar-refractivity contribution >= 4 is 0 Å². The maximum Gasteiger partial charge on any atom is 0.126 e. The lowest BCUT2D eigenvalue weighted by molar-refractivity contribution is 0.458. The van der Waals surface area contributed by atoms with Crippen LogP contribution in [0.2, 0.25) is 0 Å². The third kappa shape index (κ3) is 2.29. The molecule has 1 aliphatic rings. The van der Waals surface area contributed by atoms with Gasteiger partial charge in [0.1, 0.15) is 11.6 Å². The number of halogens is 1. The average Bonchev–Trinajstić information content (AvgIpc) is 2.67. The van der Waals surface area contributed by atoms with E-state index in [1.165, 1.54) is 18.6 Å². The van der Waals surface area contributed by atoms with Gasteiger partial charge in [0.25, 0.3) is 0 Å². The van der Waals surface area contributed by atoms with Gasteiger partial charge in [0.2, 0.25) is 0 Å². The molecule has 3 heteroatoms. The second-order valence-corrected chi connectivity index (χ2v) is 4.23. The summed E-state index contributed by atoms with van der Waals surface area (Å²) in [6.07, 6.45) is 2.98. The van der Waals surface area contributed by atoms with E-state index < -0.39 is 0 Å². The Kier molecular flexibility index (Phi) is 2.91. The van der Waals surface area contributed by atoms with Crippen molar-refractivity contribution < 1.29 is 9.50 Å². The summed E-state index contributed by atoms with van der Waals surface area (Å²) in [7, 11) is 0. The van der Waals surface area contributed by atoms with E-state index in [1.807, 2.05) is 0 Å². The van der Waals surface area contributed by atoms with Crippen molar-refractivity contribution in [3.8, 4) is 5.75 Å². The molecule has 1 aromatic rings. The first-order valence-electron chi connectivity index (χ1n) is 5.38. The number of phenolic OH excluding ortho intramolecular Hbond substituents is 1. The molecular formula is C12H16FNO. The molecule has 2 nitrogen and oxygen atoms in total. The lowest BCUT2D eigenvalue weighted by Gasteiger charge is -2.12. The molecule has 82 valence electrons. The predicted molar refractivity (Wildman–Crippen MR) is 57.5 cm³/mol. The zero-order chi connectivity index (χ0) is 10.8. The molecule has 0 radical (unpaired) electrons. The molecule has 0 aliphatic carbocycles. The number of benzene rings is 1. The zero-order valence-corrected chi connectivity index (χ0v) is 8.89. The standard InChI is InChI=1S/C12H16FNO/c1-8-5-12(15)9(7-11(8)13)6-10-3-2-4-14-10/h5,7,10,14-15H,2-4,6H2,1H3. The van der Waals surface area contributed by atoms with Gasteiger partial charge in [-0.2, -0.15) is 0 Å². The van der Waals surface area contributed by atoms with Crippen molar-refractivity contribution in [3.05, 3.63) is 29.1 Å². The van der Waals surface area contributed by atoms with Crippen molar-refractivity contribution in [2.24, 2.45) is 0 Å². The van der Waals surface area contributed by atoms with Crippen LogP contribution in [0.1, 0.15) is 24.0 Å². The molecule has 1 fully saturated rings. The number of hydrogen-bond acceptors (Lipinski definition) is 2. The van der Waals surface area contributed by atoms with Crippen LogP contribution in [0.25, 0.3) is 0 Å². The van der Waals surface area contributed by atoms with Crippen molar-refractivity contribution in [2.45, 2.75) is 32.2 Å². The topological polar surface area (TPSA) is 32.3 Å². The van der Waals surface area contributed by atoms with Gasteiger partial charge in [-0.3, -0.25) is 0 Å². The van der Waals surface area contributed by atoms with Crippen LogP contribution in [-0.2, 0) is 6.42 Å². The number of rotatable bonds is 2. The summed E-state index contributed by atoms with van der Waals surface area (Å²) >= 11 is 0. The molecule has 2 N–H and O–H groups in total. The maximum absolute atomic E-state index is 13.3. The highest BCUT2D eigenvalue weighted by Gasteiger charge is 2.17. The lowest BCUT2D eigenvalue weighted by atomic mass is 10.0. The van der Waals surface area contributed by atoms with Gasteiger partial charge in [-0.1, -0.05) is 0 Å². The fraction of sp³-hybridized carbons (Fsp3) is 0.500. The summed E-state index contributed by atoms with van der Waals surface area (Å²) in [4.78, 5) is 0. The first kappa shape index (κ1) is 10.4. The third-order valence-corrected chi connectivity index (χ3v) is 2.99. The van der Waals surface area contributed by atoms with E-state index in [0.717, 1.165) is 13.0 Å². The van der Waals surface area contributed by atoms with Crippen LogP contribution in [0, 0.1) is 12.7 Å². The smallest absolute Gasteiger partial charge is 0.126 e. The maximum atomic E-state index is 13.3. The highest BCUT2D eigenvalue weighted by atomic mass is 19.1. The molecule has 1 saturated heterocycles. The van der Waals surface area contributed by atoms with E-state index in [0.29, 0.717) is 23.6 Å². The molecule has 1 aliphatic heterocycles. The molecule has 0 spiro atoms. The Hall–Kier alpha value is -1.09. The molecule has 1 aromatic carbocycles. The van der Waals surface area contributed by atoms with Gasteiger partial charge in [0.05, 0.1) is 0 Å². The van der Waals surface area contributed by atoms with Gasteiger partial charge < -0.3 is 10.4 Å². The monoisotopic (exact) mass is 209 g/mol. The lowest BCUT2D eigenvalue weighted by Crippen LogP contribution is -2.23. The molecule has 0 amide bonds. The van der Waals surface area contributed by atoms with E-state index in [4.69, 9.17) is 0 Å². The van der Waals surface area contributed by atoms with Crippen molar-refractivity contribution in [1.82, 2.24) is 5.32 Å².